The third-order valence-corrected chi connectivity index (χ3v) is 5.41. The predicted molar refractivity (Wildman–Crippen MR) is 128 cm³/mol. The first kappa shape index (κ1) is 23.4. The maximum absolute atomic E-state index is 15.3. The van der Waals surface area contributed by atoms with E-state index >= 15 is 4.39 Å². The van der Waals surface area contributed by atoms with Crippen LogP contribution < -0.4 is 10.1 Å². The Hall–Kier alpha value is -3.71. The summed E-state index contributed by atoms with van der Waals surface area (Å²) < 4.78 is 32.1. The lowest BCUT2D eigenvalue weighted by atomic mass is 10.00. The molecule has 0 fully saturated rings. The van der Waals surface area contributed by atoms with E-state index < -0.39 is 0 Å². The first-order chi connectivity index (χ1) is 16.6. The summed E-state index contributed by atoms with van der Waals surface area (Å²) in [5.74, 6) is -0.0754. The number of fused-ring (bicyclic) bond motifs is 1. The fraction of sp³-hybridized carbons (Fsp3) is 0.259. The van der Waals surface area contributed by atoms with Gasteiger partial charge >= 0.3 is 5.97 Å². The average Bonchev–Trinajstić information content (AvgIpc) is 3.31. The number of nitrogens with zero attached hydrogens (tertiary/aromatic N) is 1. The number of esters is 1. The zero-order valence-electron chi connectivity index (χ0n) is 19.3. The van der Waals surface area contributed by atoms with Gasteiger partial charge in [0.1, 0.15) is 17.9 Å². The van der Waals surface area contributed by atoms with Gasteiger partial charge in [0.2, 0.25) is 0 Å². The molecular formula is C27H27FN2O4. The lowest BCUT2D eigenvalue weighted by Gasteiger charge is -2.13. The number of para-hydroxylation sites is 1. The van der Waals surface area contributed by atoms with Crippen molar-refractivity contribution < 1.29 is 23.1 Å². The van der Waals surface area contributed by atoms with E-state index in [1.165, 1.54) is 0 Å². The number of hydrogen-bond donors (Lipinski definition) is 1. The summed E-state index contributed by atoms with van der Waals surface area (Å²) in [4.78, 5) is 16.1. The monoisotopic (exact) mass is 462 g/mol. The van der Waals surface area contributed by atoms with E-state index in [0.29, 0.717) is 41.3 Å². The second-order valence-corrected chi connectivity index (χ2v) is 7.76. The fourth-order valence-corrected chi connectivity index (χ4v) is 3.81. The van der Waals surface area contributed by atoms with E-state index in [2.05, 4.69) is 10.3 Å². The lowest BCUT2D eigenvalue weighted by Crippen LogP contribution is -2.14. The van der Waals surface area contributed by atoms with Crippen LogP contribution in [0.1, 0.15) is 30.7 Å². The second-order valence-electron chi connectivity index (χ2n) is 7.76. The van der Waals surface area contributed by atoms with Crippen LogP contribution in [0.15, 0.2) is 65.4 Å². The molecule has 4 rings (SSSR count). The molecule has 0 spiro atoms. The Morgan fingerprint density at radius 1 is 1.12 bits per heavy atom. The molecule has 0 unspecified atom stereocenters. The van der Waals surface area contributed by atoms with Gasteiger partial charge in [0, 0.05) is 34.8 Å². The van der Waals surface area contributed by atoms with Crippen molar-refractivity contribution in [3.63, 3.8) is 0 Å². The standard InChI is InChI=1S/C27H27FN2O4/c1-3-29-16-23-26(28)21(9-11-30-23)22-14-18(13-20-10-12-33-27(20)22)17-34-24-8-6-5-7-19(24)15-25(31)32-4-2/h5-14,29H,3-4,15-17H2,1-2H3. The number of halogens is 1. The minimum absolute atomic E-state index is 0.132. The largest absolute Gasteiger partial charge is 0.489 e. The van der Waals surface area contributed by atoms with Crippen molar-refractivity contribution in [3.8, 4) is 16.9 Å². The second kappa shape index (κ2) is 10.9. The highest BCUT2D eigenvalue weighted by atomic mass is 19.1. The van der Waals surface area contributed by atoms with Crippen LogP contribution in [0.5, 0.6) is 5.75 Å². The Kier molecular flexibility index (Phi) is 7.54. The molecule has 34 heavy (non-hydrogen) atoms. The number of pyridine rings is 1. The zero-order chi connectivity index (χ0) is 23.9. The third kappa shape index (κ3) is 5.26. The Balaban J connectivity index is 1.63. The summed E-state index contributed by atoms with van der Waals surface area (Å²) in [6.45, 7) is 5.37. The molecule has 2 aromatic carbocycles. The number of aromatic nitrogens is 1. The van der Waals surface area contributed by atoms with E-state index in [1.54, 1.807) is 25.5 Å². The lowest BCUT2D eigenvalue weighted by molar-refractivity contribution is -0.142. The van der Waals surface area contributed by atoms with Crippen molar-refractivity contribution in [1.82, 2.24) is 10.3 Å². The highest BCUT2D eigenvalue weighted by molar-refractivity contribution is 5.93. The number of nitrogens with one attached hydrogen (secondary N) is 1. The Morgan fingerprint density at radius 3 is 2.79 bits per heavy atom. The Bertz CT molecular complexity index is 1280. The topological polar surface area (TPSA) is 73.6 Å². The first-order valence-electron chi connectivity index (χ1n) is 11.3. The minimum Gasteiger partial charge on any atom is -0.489 e. The molecule has 0 aliphatic heterocycles. The quantitative estimate of drug-likeness (QED) is 0.317. The number of hydrogen-bond acceptors (Lipinski definition) is 6. The molecule has 7 heteroatoms. The number of carbonyl (C=O) groups is 1. The van der Waals surface area contributed by atoms with Crippen LogP contribution >= 0.6 is 0 Å². The molecule has 2 heterocycles. The van der Waals surface area contributed by atoms with Gasteiger partial charge in [0.05, 0.1) is 25.0 Å². The molecule has 0 aliphatic carbocycles. The van der Waals surface area contributed by atoms with Crippen LogP contribution in [0.2, 0.25) is 0 Å². The zero-order valence-corrected chi connectivity index (χ0v) is 19.3. The van der Waals surface area contributed by atoms with Crippen LogP contribution in [0.3, 0.4) is 0 Å². The van der Waals surface area contributed by atoms with Gasteiger partial charge in [-0.2, -0.15) is 0 Å². The molecule has 0 saturated heterocycles. The third-order valence-electron chi connectivity index (χ3n) is 5.41. The highest BCUT2D eigenvalue weighted by Crippen LogP contribution is 2.34. The van der Waals surface area contributed by atoms with Gasteiger partial charge < -0.3 is 19.2 Å². The van der Waals surface area contributed by atoms with Crippen molar-refractivity contribution in [2.75, 3.05) is 13.2 Å². The fourth-order valence-electron chi connectivity index (χ4n) is 3.81. The summed E-state index contributed by atoms with van der Waals surface area (Å²) in [6, 6.07) is 14.7. The van der Waals surface area contributed by atoms with E-state index in [9.17, 15) is 4.79 Å². The van der Waals surface area contributed by atoms with E-state index in [0.717, 1.165) is 23.1 Å². The highest BCUT2D eigenvalue weighted by Gasteiger charge is 2.17. The van der Waals surface area contributed by atoms with Crippen LogP contribution in [0.25, 0.3) is 22.1 Å². The van der Waals surface area contributed by atoms with Crippen molar-refractivity contribution in [3.05, 3.63) is 83.6 Å². The summed E-state index contributed by atoms with van der Waals surface area (Å²) in [5.41, 5.74) is 3.61. The molecule has 0 atom stereocenters. The van der Waals surface area contributed by atoms with Crippen LogP contribution in [-0.4, -0.2) is 24.1 Å². The normalized spacial score (nSPS) is 11.0. The maximum atomic E-state index is 15.3. The van der Waals surface area contributed by atoms with Gasteiger partial charge in [-0.25, -0.2) is 4.39 Å². The van der Waals surface area contributed by atoms with Crippen LogP contribution in [-0.2, 0) is 29.1 Å². The molecule has 0 amide bonds. The van der Waals surface area contributed by atoms with Crippen molar-refractivity contribution in [1.29, 1.82) is 0 Å². The van der Waals surface area contributed by atoms with Crippen molar-refractivity contribution >= 4 is 16.9 Å². The number of carbonyl (C=O) groups excluding carboxylic acids is 1. The molecule has 0 radical (unpaired) electrons. The van der Waals surface area contributed by atoms with Gasteiger partial charge in [-0.05, 0) is 49.4 Å². The molecule has 6 nitrogen and oxygen atoms in total. The molecular weight excluding hydrogens is 435 g/mol. The van der Waals surface area contributed by atoms with Gasteiger partial charge in [0.15, 0.2) is 5.82 Å². The number of furan rings is 1. The van der Waals surface area contributed by atoms with Gasteiger partial charge in [-0.15, -0.1) is 0 Å². The molecule has 1 N–H and O–H groups in total. The maximum Gasteiger partial charge on any atom is 0.310 e. The number of rotatable bonds is 10. The summed E-state index contributed by atoms with van der Waals surface area (Å²) in [6.07, 6.45) is 3.33. The Morgan fingerprint density at radius 2 is 1.97 bits per heavy atom. The number of ether oxygens (including phenoxy) is 2. The molecule has 2 aromatic heterocycles. The van der Waals surface area contributed by atoms with E-state index in [4.69, 9.17) is 13.9 Å². The van der Waals surface area contributed by atoms with E-state index in [1.807, 2.05) is 49.4 Å². The van der Waals surface area contributed by atoms with Crippen molar-refractivity contribution in [2.45, 2.75) is 33.4 Å². The minimum atomic E-state index is -0.376. The van der Waals surface area contributed by atoms with Crippen LogP contribution in [0.4, 0.5) is 4.39 Å². The number of benzene rings is 2. The molecule has 0 bridgehead atoms. The average molecular weight is 463 g/mol. The summed E-state index contributed by atoms with van der Waals surface area (Å²) in [5, 5.41) is 3.96. The van der Waals surface area contributed by atoms with Gasteiger partial charge in [-0.1, -0.05) is 25.1 Å². The van der Waals surface area contributed by atoms with E-state index in [-0.39, 0.29) is 24.8 Å². The smallest absolute Gasteiger partial charge is 0.310 e. The van der Waals surface area contributed by atoms with Gasteiger partial charge in [0.25, 0.3) is 0 Å². The molecule has 176 valence electrons. The first-order valence-corrected chi connectivity index (χ1v) is 11.3. The van der Waals surface area contributed by atoms with Crippen LogP contribution in [0, 0.1) is 5.82 Å². The molecule has 0 saturated carbocycles. The molecule has 0 aliphatic rings. The summed E-state index contributed by atoms with van der Waals surface area (Å²) in [7, 11) is 0. The predicted octanol–water partition coefficient (Wildman–Crippen LogP) is 5.43. The summed E-state index contributed by atoms with van der Waals surface area (Å²) >= 11 is 0. The molecule has 4 aromatic rings. The SMILES string of the molecule is CCNCc1nccc(-c2cc(COc3ccccc3CC(=O)OCC)cc3ccoc23)c1F. The van der Waals surface area contributed by atoms with Gasteiger partial charge in [-0.3, -0.25) is 9.78 Å². The Labute approximate surface area is 197 Å². The van der Waals surface area contributed by atoms with Crippen molar-refractivity contribution in [2.24, 2.45) is 0 Å².